The summed E-state index contributed by atoms with van der Waals surface area (Å²) in [5.74, 6) is -8.62. The first-order chi connectivity index (χ1) is 16.9. The van der Waals surface area contributed by atoms with Crippen LogP contribution < -0.4 is 10.8 Å². The van der Waals surface area contributed by atoms with E-state index in [4.69, 9.17) is 15.3 Å². The zero-order valence-corrected chi connectivity index (χ0v) is 20.6. The number of thiazole rings is 1. The Balaban J connectivity index is 1.61. The molecule has 6 atom stereocenters. The first kappa shape index (κ1) is 25.7. The van der Waals surface area contributed by atoms with E-state index in [1.54, 1.807) is 13.8 Å². The molecular weight excluding hydrogens is 520 g/mol. The Morgan fingerprint density at radius 3 is 2.69 bits per heavy atom. The van der Waals surface area contributed by atoms with Crippen molar-refractivity contribution in [3.05, 3.63) is 11.1 Å². The second kappa shape index (κ2) is 9.24. The maximum Gasteiger partial charge on any atom is 0.348 e. The average Bonchev–Trinajstić information content (AvgIpc) is 3.35. The summed E-state index contributed by atoms with van der Waals surface area (Å²) in [5.41, 5.74) is 2.85. The molecule has 4 rings (SSSR count). The minimum Gasteiger partial charge on any atom is -0.544 e. The van der Waals surface area contributed by atoms with Gasteiger partial charge >= 0.3 is 11.9 Å². The number of Topliss-reactive ketones (excluding diaryl/α,β-unsaturated/α-hetero) is 1. The summed E-state index contributed by atoms with van der Waals surface area (Å²) < 4.78 is 17.9. The second-order valence-electron chi connectivity index (χ2n) is 8.86. The van der Waals surface area contributed by atoms with Crippen LogP contribution in [-0.2, 0) is 44.3 Å². The zero-order valence-electron chi connectivity index (χ0n) is 18.9. The molecule has 1 amide bonds. The summed E-state index contributed by atoms with van der Waals surface area (Å²) in [5, 5.41) is 25.3. The molecule has 0 aliphatic carbocycles. The number of nitrogens with zero attached hydrogens (tertiary/aromatic N) is 3. The molecule has 14 nitrogen and oxygen atoms in total. The minimum absolute atomic E-state index is 0.0141. The van der Waals surface area contributed by atoms with E-state index in [-0.39, 0.29) is 23.0 Å². The summed E-state index contributed by atoms with van der Waals surface area (Å²) in [4.78, 5) is 71.3. The van der Waals surface area contributed by atoms with Gasteiger partial charge in [0, 0.05) is 40.2 Å². The lowest BCUT2D eigenvalue weighted by Gasteiger charge is -2.58. The van der Waals surface area contributed by atoms with Gasteiger partial charge in [0.25, 0.3) is 0 Å². The van der Waals surface area contributed by atoms with E-state index in [2.05, 4.69) is 10.1 Å². The molecular formula is C20H21N4O10S2-. The topological polar surface area (TPSA) is 219 Å². The van der Waals surface area contributed by atoms with Crippen molar-refractivity contribution in [1.82, 2.24) is 9.88 Å². The van der Waals surface area contributed by atoms with Gasteiger partial charge in [-0.15, -0.1) is 11.3 Å². The number of amides is 1. The number of ether oxygens (including phenoxy) is 1. The molecule has 0 aromatic carbocycles. The molecule has 194 valence electrons. The predicted molar refractivity (Wildman–Crippen MR) is 119 cm³/mol. The van der Waals surface area contributed by atoms with Crippen LogP contribution in [0, 0.1) is 17.8 Å². The van der Waals surface area contributed by atoms with E-state index in [1.165, 1.54) is 5.38 Å². The third-order valence-electron chi connectivity index (χ3n) is 6.21. The van der Waals surface area contributed by atoms with Gasteiger partial charge in [0.1, 0.15) is 17.0 Å². The highest BCUT2D eigenvalue weighted by Gasteiger charge is 2.70. The standard InChI is InChI=1S/C20H22N4O10S2/c1-7(2)14(17(28)29)34-23-13(10-5-35-19(21)22-10)11(25)4-9-15(27)24-16(9)36(32)6-8-3-12(26)33-20(8,24)18(30)31/h5,7-9,14,16H,3-4,6H2,1-2H3,(H2,21,22)(H,28,29)(H,30,31)/p-1/b23-13-/t8-,9+,14+,16+,20+,36-/m0/s1. The number of nitrogens with two attached hydrogens (primary N) is 1. The fourth-order valence-electron chi connectivity index (χ4n) is 4.52. The fraction of sp³-hybridized carbons (Fsp3) is 0.550. The Morgan fingerprint density at radius 2 is 2.14 bits per heavy atom. The van der Waals surface area contributed by atoms with Crippen LogP contribution in [0.3, 0.4) is 0 Å². The number of ketones is 1. The van der Waals surface area contributed by atoms with E-state index >= 15 is 0 Å². The van der Waals surface area contributed by atoms with Crippen molar-refractivity contribution in [3.63, 3.8) is 0 Å². The number of fused-ring (bicyclic) bond motifs is 3. The van der Waals surface area contributed by atoms with Gasteiger partial charge in [-0.25, -0.2) is 9.78 Å². The normalized spacial score (nSPS) is 30.2. The quantitative estimate of drug-likeness (QED) is 0.151. The number of carboxylic acid groups (broad SMARTS) is 2. The van der Waals surface area contributed by atoms with Gasteiger partial charge in [-0.05, 0) is 0 Å². The molecule has 1 aromatic heterocycles. The number of aliphatic carboxylic acids is 2. The third-order valence-corrected chi connectivity index (χ3v) is 8.70. The van der Waals surface area contributed by atoms with Crippen molar-refractivity contribution < 1.29 is 48.0 Å². The Bertz CT molecular complexity index is 1210. The van der Waals surface area contributed by atoms with Crippen LogP contribution in [0.2, 0.25) is 0 Å². The second-order valence-corrected chi connectivity index (χ2v) is 11.3. The minimum atomic E-state index is -2.37. The molecule has 0 unspecified atom stereocenters. The number of carbonyl (C=O) groups excluding carboxylic acids is 4. The summed E-state index contributed by atoms with van der Waals surface area (Å²) in [6.07, 6.45) is -2.28. The molecule has 3 aliphatic heterocycles. The SMILES string of the molecule is CC(C)[C@@H](O/N=C(\C(=O)C[C@@H]1C(=O)N2[C@@H]1[S@@](=O)C[C@@H]1CC(=O)O[C@@]12C(=O)[O-])c1csc(N)n1)C(=O)O. The molecule has 1 aromatic rings. The number of β-lactam (4-membered cyclic amide) rings is 1. The maximum absolute atomic E-state index is 13.2. The van der Waals surface area contributed by atoms with Gasteiger partial charge in [0.2, 0.25) is 17.7 Å². The number of carbonyl (C=O) groups is 5. The van der Waals surface area contributed by atoms with Gasteiger partial charge in [0.15, 0.2) is 16.6 Å². The molecule has 0 spiro atoms. The number of hydrogen-bond donors (Lipinski definition) is 2. The van der Waals surface area contributed by atoms with Crippen molar-refractivity contribution in [3.8, 4) is 0 Å². The fourth-order valence-corrected chi connectivity index (χ4v) is 7.08. The highest BCUT2D eigenvalue weighted by atomic mass is 32.2. The van der Waals surface area contributed by atoms with Crippen LogP contribution in [-0.4, -0.2) is 77.5 Å². The molecule has 16 heteroatoms. The van der Waals surface area contributed by atoms with Crippen molar-refractivity contribution in [2.24, 2.45) is 22.9 Å². The Hall–Kier alpha value is -3.40. The molecule has 4 heterocycles. The van der Waals surface area contributed by atoms with Crippen LogP contribution in [0.4, 0.5) is 5.13 Å². The van der Waals surface area contributed by atoms with Crippen molar-refractivity contribution in [1.29, 1.82) is 0 Å². The number of nitrogen functional groups attached to an aromatic ring is 1. The molecule has 3 N–H and O–H groups in total. The Morgan fingerprint density at radius 1 is 1.44 bits per heavy atom. The van der Waals surface area contributed by atoms with Crippen LogP contribution in [0.15, 0.2) is 10.5 Å². The van der Waals surface area contributed by atoms with Gasteiger partial charge in [-0.3, -0.25) is 23.5 Å². The highest BCUT2D eigenvalue weighted by Crippen LogP contribution is 2.50. The van der Waals surface area contributed by atoms with Crippen molar-refractivity contribution in [2.75, 3.05) is 11.5 Å². The zero-order chi connectivity index (χ0) is 26.5. The van der Waals surface area contributed by atoms with Crippen molar-refractivity contribution >= 4 is 62.6 Å². The molecule has 3 aliphatic rings. The lowest BCUT2D eigenvalue weighted by molar-refractivity contribution is -0.341. The first-order valence-electron chi connectivity index (χ1n) is 10.7. The highest BCUT2D eigenvalue weighted by molar-refractivity contribution is 7.85. The summed E-state index contributed by atoms with van der Waals surface area (Å²) >= 11 is 0.985. The molecule has 3 saturated heterocycles. The average molecular weight is 542 g/mol. The molecule has 36 heavy (non-hydrogen) atoms. The third kappa shape index (κ3) is 4.03. The van der Waals surface area contributed by atoms with Gasteiger partial charge in [0.05, 0.1) is 12.3 Å². The number of esters is 1. The van der Waals surface area contributed by atoms with Crippen LogP contribution in [0.1, 0.15) is 32.4 Å². The molecule has 3 fully saturated rings. The van der Waals surface area contributed by atoms with Gasteiger partial charge in [-0.2, -0.15) is 0 Å². The number of anilines is 1. The molecule has 0 radical (unpaired) electrons. The number of rotatable bonds is 9. The van der Waals surface area contributed by atoms with Crippen LogP contribution in [0.5, 0.6) is 0 Å². The molecule has 0 bridgehead atoms. The lowest BCUT2D eigenvalue weighted by atomic mass is 9.84. The van der Waals surface area contributed by atoms with Gasteiger partial charge in [-0.1, -0.05) is 19.0 Å². The number of oxime groups is 1. The van der Waals surface area contributed by atoms with Gasteiger partial charge < -0.3 is 30.3 Å². The van der Waals surface area contributed by atoms with E-state index in [0.717, 1.165) is 16.2 Å². The number of aromatic nitrogens is 1. The lowest BCUT2D eigenvalue weighted by Crippen LogP contribution is -2.80. The summed E-state index contributed by atoms with van der Waals surface area (Å²) in [7, 11) is -1.79. The smallest absolute Gasteiger partial charge is 0.348 e. The van der Waals surface area contributed by atoms with E-state index in [0.29, 0.717) is 0 Å². The summed E-state index contributed by atoms with van der Waals surface area (Å²) in [6, 6.07) is 0. The van der Waals surface area contributed by atoms with Crippen molar-refractivity contribution in [2.45, 2.75) is 43.9 Å². The van der Waals surface area contributed by atoms with Crippen LogP contribution in [0.25, 0.3) is 0 Å². The largest absolute Gasteiger partial charge is 0.544 e. The number of hydrogen-bond acceptors (Lipinski definition) is 13. The first-order valence-corrected chi connectivity index (χ1v) is 13.0. The maximum atomic E-state index is 13.2. The van der Waals surface area contributed by atoms with E-state index < -0.39 is 87.5 Å². The number of carboxylic acids is 2. The Labute approximate surface area is 209 Å². The Kier molecular flexibility index (Phi) is 6.59. The van der Waals surface area contributed by atoms with Crippen LogP contribution >= 0.6 is 11.3 Å². The molecule has 0 saturated carbocycles. The summed E-state index contributed by atoms with van der Waals surface area (Å²) in [6.45, 7) is 3.15. The van der Waals surface area contributed by atoms with E-state index in [9.17, 15) is 38.4 Å². The predicted octanol–water partition coefficient (Wildman–Crippen LogP) is -1.93. The monoisotopic (exact) mass is 541 g/mol. The van der Waals surface area contributed by atoms with E-state index in [1.807, 2.05) is 0 Å².